The molecule has 1 amide bonds. The van der Waals surface area contributed by atoms with Crippen molar-refractivity contribution in [3.05, 3.63) is 30.0 Å². The van der Waals surface area contributed by atoms with E-state index in [-0.39, 0.29) is 5.91 Å². The lowest BCUT2D eigenvalue weighted by Gasteiger charge is -2.12. The third-order valence-corrected chi connectivity index (χ3v) is 3.73. The number of rotatable bonds is 2. The molecule has 2 N–H and O–H groups in total. The van der Waals surface area contributed by atoms with Gasteiger partial charge in [0.05, 0.1) is 11.7 Å². The molecule has 4 heteroatoms. The first-order chi connectivity index (χ1) is 8.72. The van der Waals surface area contributed by atoms with Gasteiger partial charge in [0.25, 0.3) is 5.91 Å². The highest BCUT2D eigenvalue weighted by atomic mass is 16.1. The molecule has 1 aromatic heterocycles. The van der Waals surface area contributed by atoms with Crippen LogP contribution in [0.25, 0.3) is 10.9 Å². The molecule has 3 rings (SSSR count). The Labute approximate surface area is 106 Å². The van der Waals surface area contributed by atoms with Gasteiger partial charge in [-0.15, -0.1) is 0 Å². The van der Waals surface area contributed by atoms with Gasteiger partial charge in [0.2, 0.25) is 0 Å². The minimum Gasteiger partial charge on any atom is -0.349 e. The van der Waals surface area contributed by atoms with Crippen molar-refractivity contribution in [2.24, 2.45) is 5.92 Å². The van der Waals surface area contributed by atoms with Crippen molar-refractivity contribution >= 4 is 16.8 Å². The first-order valence-corrected chi connectivity index (χ1v) is 6.46. The maximum atomic E-state index is 12.1. The Hall–Kier alpha value is -1.84. The highest BCUT2D eigenvalue weighted by Crippen LogP contribution is 2.25. The Bertz CT molecular complexity index is 575. The summed E-state index contributed by atoms with van der Waals surface area (Å²) in [6, 6.07) is 5.96. The number of nitrogens with one attached hydrogen (secondary N) is 2. The monoisotopic (exact) mass is 243 g/mol. The summed E-state index contributed by atoms with van der Waals surface area (Å²) >= 11 is 0. The fourth-order valence-electron chi connectivity index (χ4n) is 2.69. The number of H-pyrrole nitrogens is 1. The van der Waals surface area contributed by atoms with Crippen LogP contribution in [0.3, 0.4) is 0 Å². The van der Waals surface area contributed by atoms with Crippen LogP contribution in [-0.2, 0) is 0 Å². The van der Waals surface area contributed by atoms with Gasteiger partial charge in [0.15, 0.2) is 0 Å². The van der Waals surface area contributed by atoms with E-state index in [0.29, 0.717) is 11.6 Å². The van der Waals surface area contributed by atoms with E-state index in [1.54, 1.807) is 6.20 Å². The molecule has 0 bridgehead atoms. The molecule has 0 aliphatic heterocycles. The molecule has 1 saturated carbocycles. The molecule has 1 heterocycles. The summed E-state index contributed by atoms with van der Waals surface area (Å²) in [5, 5.41) is 10.9. The van der Waals surface area contributed by atoms with Crippen LogP contribution in [0, 0.1) is 5.92 Å². The third kappa shape index (κ3) is 2.10. The summed E-state index contributed by atoms with van der Waals surface area (Å²) in [6.45, 7) is 2.24. The molecular weight excluding hydrogens is 226 g/mol. The van der Waals surface area contributed by atoms with Crippen molar-refractivity contribution in [2.75, 3.05) is 0 Å². The van der Waals surface area contributed by atoms with Crippen LogP contribution in [0.4, 0.5) is 0 Å². The smallest absolute Gasteiger partial charge is 0.251 e. The number of carbonyl (C=O) groups excluding carboxylic acids is 1. The Morgan fingerprint density at radius 2 is 2.33 bits per heavy atom. The van der Waals surface area contributed by atoms with Crippen molar-refractivity contribution in [2.45, 2.75) is 32.2 Å². The number of benzene rings is 1. The molecule has 0 saturated heterocycles. The summed E-state index contributed by atoms with van der Waals surface area (Å²) < 4.78 is 0. The first-order valence-electron chi connectivity index (χ1n) is 6.46. The zero-order valence-corrected chi connectivity index (χ0v) is 10.4. The van der Waals surface area contributed by atoms with Crippen LogP contribution in [0.1, 0.15) is 36.5 Å². The van der Waals surface area contributed by atoms with E-state index in [0.717, 1.165) is 29.7 Å². The summed E-state index contributed by atoms with van der Waals surface area (Å²) in [5.41, 5.74) is 1.67. The predicted octanol–water partition coefficient (Wildman–Crippen LogP) is 2.48. The number of nitrogens with zero attached hydrogens (tertiary/aromatic N) is 1. The molecule has 0 radical (unpaired) electrons. The van der Waals surface area contributed by atoms with Crippen molar-refractivity contribution in [3.8, 4) is 0 Å². The summed E-state index contributed by atoms with van der Waals surface area (Å²) in [6.07, 6.45) is 5.15. The number of aromatic amines is 1. The lowest BCUT2D eigenvalue weighted by molar-refractivity contribution is 0.0937. The van der Waals surface area contributed by atoms with Gasteiger partial charge < -0.3 is 5.32 Å². The van der Waals surface area contributed by atoms with Gasteiger partial charge >= 0.3 is 0 Å². The quantitative estimate of drug-likeness (QED) is 0.851. The van der Waals surface area contributed by atoms with Gasteiger partial charge in [-0.1, -0.05) is 6.92 Å². The van der Waals surface area contributed by atoms with E-state index in [1.807, 2.05) is 18.2 Å². The molecule has 1 aliphatic carbocycles. The van der Waals surface area contributed by atoms with Crippen molar-refractivity contribution in [1.82, 2.24) is 15.5 Å². The van der Waals surface area contributed by atoms with E-state index in [9.17, 15) is 4.79 Å². The van der Waals surface area contributed by atoms with Crippen LogP contribution in [0.2, 0.25) is 0 Å². The molecule has 18 heavy (non-hydrogen) atoms. The van der Waals surface area contributed by atoms with Gasteiger partial charge in [-0.05, 0) is 43.4 Å². The largest absolute Gasteiger partial charge is 0.349 e. The first kappa shape index (κ1) is 11.3. The predicted molar refractivity (Wildman–Crippen MR) is 70.4 cm³/mol. The number of aromatic nitrogens is 2. The van der Waals surface area contributed by atoms with Crippen LogP contribution >= 0.6 is 0 Å². The molecule has 1 fully saturated rings. The maximum absolute atomic E-state index is 12.1. The van der Waals surface area contributed by atoms with Crippen molar-refractivity contribution < 1.29 is 4.79 Å². The SMILES string of the molecule is CC1CCC(NC(=O)c2ccc3[nH]ncc3c2)C1. The third-order valence-electron chi connectivity index (χ3n) is 3.73. The number of hydrogen-bond donors (Lipinski definition) is 2. The van der Waals surface area contributed by atoms with E-state index in [1.165, 1.54) is 6.42 Å². The molecule has 2 atom stereocenters. The van der Waals surface area contributed by atoms with Gasteiger partial charge in [0, 0.05) is 17.0 Å². The zero-order chi connectivity index (χ0) is 12.5. The second kappa shape index (κ2) is 4.44. The van der Waals surface area contributed by atoms with Gasteiger partial charge in [-0.25, -0.2) is 0 Å². The maximum Gasteiger partial charge on any atom is 0.251 e. The van der Waals surface area contributed by atoms with Crippen LogP contribution in [-0.4, -0.2) is 22.1 Å². The normalized spacial score (nSPS) is 23.4. The van der Waals surface area contributed by atoms with E-state index >= 15 is 0 Å². The molecule has 1 aromatic carbocycles. The summed E-state index contributed by atoms with van der Waals surface area (Å²) in [7, 11) is 0. The van der Waals surface area contributed by atoms with Crippen molar-refractivity contribution in [1.29, 1.82) is 0 Å². The molecular formula is C14H17N3O. The average molecular weight is 243 g/mol. The van der Waals surface area contributed by atoms with Gasteiger partial charge in [-0.3, -0.25) is 9.89 Å². The second-order valence-electron chi connectivity index (χ2n) is 5.26. The molecule has 1 aliphatic rings. The minimum atomic E-state index is 0.0252. The lowest BCUT2D eigenvalue weighted by atomic mass is 10.1. The molecule has 2 aromatic rings. The van der Waals surface area contributed by atoms with Crippen molar-refractivity contribution in [3.63, 3.8) is 0 Å². The fraction of sp³-hybridized carbons (Fsp3) is 0.429. The van der Waals surface area contributed by atoms with E-state index in [2.05, 4.69) is 22.4 Å². The van der Waals surface area contributed by atoms with Crippen LogP contribution < -0.4 is 5.32 Å². The Balaban J connectivity index is 1.75. The topological polar surface area (TPSA) is 57.8 Å². The number of hydrogen-bond acceptors (Lipinski definition) is 2. The number of amides is 1. The van der Waals surface area contributed by atoms with Crippen LogP contribution in [0.15, 0.2) is 24.4 Å². The standard InChI is InChI=1S/C14H17N3O/c1-9-2-4-12(6-9)16-14(18)10-3-5-13-11(7-10)8-15-17-13/h3,5,7-9,12H,2,4,6H2,1H3,(H,15,17)(H,16,18). The van der Waals surface area contributed by atoms with E-state index < -0.39 is 0 Å². The Morgan fingerprint density at radius 1 is 1.44 bits per heavy atom. The minimum absolute atomic E-state index is 0.0252. The zero-order valence-electron chi connectivity index (χ0n) is 10.4. The lowest BCUT2D eigenvalue weighted by Crippen LogP contribution is -2.32. The highest BCUT2D eigenvalue weighted by Gasteiger charge is 2.23. The van der Waals surface area contributed by atoms with Gasteiger partial charge in [-0.2, -0.15) is 5.10 Å². The molecule has 4 nitrogen and oxygen atoms in total. The van der Waals surface area contributed by atoms with Crippen LogP contribution in [0.5, 0.6) is 0 Å². The summed E-state index contributed by atoms with van der Waals surface area (Å²) in [5.74, 6) is 0.754. The number of fused-ring (bicyclic) bond motifs is 1. The van der Waals surface area contributed by atoms with Gasteiger partial charge in [0.1, 0.15) is 0 Å². The average Bonchev–Trinajstić information content (AvgIpc) is 2.96. The fourth-order valence-corrected chi connectivity index (χ4v) is 2.69. The van der Waals surface area contributed by atoms with E-state index in [4.69, 9.17) is 0 Å². The summed E-state index contributed by atoms with van der Waals surface area (Å²) in [4.78, 5) is 12.1. The number of carbonyl (C=O) groups is 1. The Kier molecular flexibility index (Phi) is 2.78. The highest BCUT2D eigenvalue weighted by molar-refractivity contribution is 5.98. The Morgan fingerprint density at radius 3 is 3.11 bits per heavy atom. The molecule has 94 valence electrons. The molecule has 2 unspecified atom stereocenters. The molecule has 0 spiro atoms. The second-order valence-corrected chi connectivity index (χ2v) is 5.26.